The predicted molar refractivity (Wildman–Crippen MR) is 102 cm³/mol. The van der Waals surface area contributed by atoms with Crippen molar-refractivity contribution in [2.75, 3.05) is 0 Å². The Kier molecular flexibility index (Phi) is 5.39. The number of aromatic amines is 1. The highest BCUT2D eigenvalue weighted by molar-refractivity contribution is 6.30. The Bertz CT molecular complexity index is 822. The third-order valence-electron chi connectivity index (χ3n) is 4.06. The van der Waals surface area contributed by atoms with Crippen molar-refractivity contribution in [3.05, 3.63) is 64.9 Å². The number of nitrogens with one attached hydrogen (secondary N) is 2. The molecule has 4 nitrogen and oxygen atoms in total. The number of amides is 1. The largest absolute Gasteiger partial charge is 0.346 e. The molecule has 25 heavy (non-hydrogen) atoms. The summed E-state index contributed by atoms with van der Waals surface area (Å²) in [5, 5.41) is 3.79. The van der Waals surface area contributed by atoms with Gasteiger partial charge < -0.3 is 10.3 Å². The molecule has 0 aliphatic rings. The fraction of sp³-hybridized carbons (Fsp3) is 0.300. The maximum atomic E-state index is 12.5. The molecule has 1 heterocycles. The molecule has 1 aromatic heterocycles. The van der Waals surface area contributed by atoms with E-state index in [-0.39, 0.29) is 11.9 Å². The van der Waals surface area contributed by atoms with E-state index >= 15 is 0 Å². The molecule has 0 saturated carbocycles. The molecule has 2 N–H and O–H groups in total. The van der Waals surface area contributed by atoms with E-state index in [1.54, 1.807) is 12.1 Å². The molecule has 0 spiro atoms. The lowest BCUT2D eigenvalue weighted by molar-refractivity contribution is -0.121. The number of H-pyrrole nitrogens is 1. The van der Waals surface area contributed by atoms with Gasteiger partial charge in [0, 0.05) is 5.02 Å². The second-order valence-electron chi connectivity index (χ2n) is 6.69. The molecule has 0 bridgehead atoms. The van der Waals surface area contributed by atoms with Gasteiger partial charge in [-0.15, -0.1) is 0 Å². The van der Waals surface area contributed by atoms with E-state index in [4.69, 9.17) is 11.6 Å². The number of hydrogen-bond acceptors (Lipinski definition) is 2. The zero-order chi connectivity index (χ0) is 17.8. The van der Waals surface area contributed by atoms with Crippen molar-refractivity contribution in [2.24, 2.45) is 5.92 Å². The average molecular weight is 356 g/mol. The summed E-state index contributed by atoms with van der Waals surface area (Å²) in [7, 11) is 0. The minimum Gasteiger partial charge on any atom is -0.346 e. The van der Waals surface area contributed by atoms with Crippen molar-refractivity contribution >= 4 is 28.5 Å². The average Bonchev–Trinajstić information content (AvgIpc) is 3.00. The topological polar surface area (TPSA) is 57.8 Å². The number of fused-ring (bicyclic) bond motifs is 1. The van der Waals surface area contributed by atoms with Crippen LogP contribution in [0.25, 0.3) is 11.0 Å². The highest BCUT2D eigenvalue weighted by Crippen LogP contribution is 2.22. The van der Waals surface area contributed by atoms with Gasteiger partial charge in [-0.05, 0) is 42.2 Å². The number of nitrogens with zero attached hydrogens (tertiary/aromatic N) is 1. The van der Waals surface area contributed by atoms with E-state index in [0.29, 0.717) is 17.4 Å². The van der Waals surface area contributed by atoms with Crippen molar-refractivity contribution in [1.29, 1.82) is 0 Å². The zero-order valence-corrected chi connectivity index (χ0v) is 15.2. The van der Waals surface area contributed by atoms with Gasteiger partial charge in [0.25, 0.3) is 0 Å². The Morgan fingerprint density at radius 3 is 2.56 bits per heavy atom. The summed E-state index contributed by atoms with van der Waals surface area (Å²) < 4.78 is 0. The molecule has 2 aromatic carbocycles. The molecule has 5 heteroatoms. The molecule has 0 aliphatic heterocycles. The number of carbonyl (C=O) groups is 1. The molecule has 3 rings (SSSR count). The third kappa shape index (κ3) is 4.60. The van der Waals surface area contributed by atoms with Crippen LogP contribution < -0.4 is 5.32 Å². The van der Waals surface area contributed by atoms with Crippen LogP contribution >= 0.6 is 11.6 Å². The second-order valence-corrected chi connectivity index (χ2v) is 7.13. The maximum absolute atomic E-state index is 12.5. The molecule has 3 aromatic rings. The molecule has 130 valence electrons. The molecule has 0 fully saturated rings. The highest BCUT2D eigenvalue weighted by Gasteiger charge is 2.19. The maximum Gasteiger partial charge on any atom is 0.225 e. The Morgan fingerprint density at radius 1 is 1.16 bits per heavy atom. The first-order valence-electron chi connectivity index (χ1n) is 8.49. The third-order valence-corrected chi connectivity index (χ3v) is 4.31. The molecular weight excluding hydrogens is 334 g/mol. The van der Waals surface area contributed by atoms with Crippen LogP contribution in [0.15, 0.2) is 48.5 Å². The summed E-state index contributed by atoms with van der Waals surface area (Å²) in [6, 6.07) is 15.1. The SMILES string of the molecule is CC(C)C[C@@H](NC(=O)Cc1ccc(Cl)cc1)c1nc2ccccc2[nH]1. The number of para-hydroxylation sites is 2. The van der Waals surface area contributed by atoms with Gasteiger partial charge in [0.2, 0.25) is 5.91 Å². The number of rotatable bonds is 6. The van der Waals surface area contributed by atoms with Crippen molar-refractivity contribution in [3.63, 3.8) is 0 Å². The lowest BCUT2D eigenvalue weighted by atomic mass is 10.0. The summed E-state index contributed by atoms with van der Waals surface area (Å²) >= 11 is 5.90. The van der Waals surface area contributed by atoms with Gasteiger partial charge in [0.05, 0.1) is 23.5 Å². The zero-order valence-electron chi connectivity index (χ0n) is 14.4. The molecule has 0 saturated heterocycles. The van der Waals surface area contributed by atoms with Crippen LogP contribution in [0, 0.1) is 5.92 Å². The van der Waals surface area contributed by atoms with Crippen LogP contribution in [0.3, 0.4) is 0 Å². The van der Waals surface area contributed by atoms with E-state index in [9.17, 15) is 4.79 Å². The van der Waals surface area contributed by atoms with Crippen molar-refractivity contribution in [3.8, 4) is 0 Å². The first-order chi connectivity index (χ1) is 12.0. The van der Waals surface area contributed by atoms with E-state index < -0.39 is 0 Å². The van der Waals surface area contributed by atoms with Crippen LogP contribution in [-0.4, -0.2) is 15.9 Å². The number of hydrogen-bond donors (Lipinski definition) is 2. The first-order valence-corrected chi connectivity index (χ1v) is 8.87. The first kappa shape index (κ1) is 17.5. The predicted octanol–water partition coefficient (Wildman–Crippen LogP) is 4.66. The molecule has 0 unspecified atom stereocenters. The van der Waals surface area contributed by atoms with Crippen LogP contribution in [0.4, 0.5) is 0 Å². The van der Waals surface area contributed by atoms with E-state index in [1.165, 1.54) is 0 Å². The number of halogens is 1. The lowest BCUT2D eigenvalue weighted by Gasteiger charge is -2.19. The summed E-state index contributed by atoms with van der Waals surface area (Å²) in [5.74, 6) is 1.22. The van der Waals surface area contributed by atoms with E-state index in [1.807, 2.05) is 36.4 Å². The van der Waals surface area contributed by atoms with Gasteiger partial charge in [-0.3, -0.25) is 4.79 Å². The number of imidazole rings is 1. The fourth-order valence-electron chi connectivity index (χ4n) is 2.88. The Morgan fingerprint density at radius 2 is 1.88 bits per heavy atom. The normalized spacial score (nSPS) is 12.5. The number of carbonyl (C=O) groups excluding carboxylic acids is 1. The monoisotopic (exact) mass is 355 g/mol. The van der Waals surface area contributed by atoms with Crippen LogP contribution in [0.2, 0.25) is 5.02 Å². The van der Waals surface area contributed by atoms with Gasteiger partial charge >= 0.3 is 0 Å². The molecule has 0 aliphatic carbocycles. The quantitative estimate of drug-likeness (QED) is 0.675. The second kappa shape index (κ2) is 7.70. The minimum atomic E-state index is -0.132. The van der Waals surface area contributed by atoms with Crippen LogP contribution in [0.1, 0.15) is 37.7 Å². The summed E-state index contributed by atoms with van der Waals surface area (Å²) in [4.78, 5) is 20.5. The van der Waals surface area contributed by atoms with Crippen LogP contribution in [-0.2, 0) is 11.2 Å². The van der Waals surface area contributed by atoms with Gasteiger partial charge in [-0.25, -0.2) is 4.98 Å². The lowest BCUT2D eigenvalue weighted by Crippen LogP contribution is -2.31. The minimum absolute atomic E-state index is 0.0200. The summed E-state index contributed by atoms with van der Waals surface area (Å²) in [6.45, 7) is 4.28. The standard InChI is InChI=1S/C20H22ClN3O/c1-13(2)11-18(20-23-16-5-3-4-6-17(16)24-20)22-19(25)12-14-7-9-15(21)10-8-14/h3-10,13,18H,11-12H2,1-2H3,(H,22,25)(H,23,24)/t18-/m1/s1. The smallest absolute Gasteiger partial charge is 0.225 e. The van der Waals surface area contributed by atoms with Crippen molar-refractivity contribution < 1.29 is 4.79 Å². The van der Waals surface area contributed by atoms with Gasteiger partial charge in [-0.2, -0.15) is 0 Å². The fourth-order valence-corrected chi connectivity index (χ4v) is 3.01. The van der Waals surface area contributed by atoms with E-state index in [2.05, 4.69) is 29.1 Å². The molecular formula is C20H22ClN3O. The Labute approximate surface area is 152 Å². The van der Waals surface area contributed by atoms with Crippen molar-refractivity contribution in [1.82, 2.24) is 15.3 Å². The van der Waals surface area contributed by atoms with Gasteiger partial charge in [0.1, 0.15) is 5.82 Å². The van der Waals surface area contributed by atoms with Gasteiger partial charge in [0.15, 0.2) is 0 Å². The van der Waals surface area contributed by atoms with Crippen LogP contribution in [0.5, 0.6) is 0 Å². The van der Waals surface area contributed by atoms with Gasteiger partial charge in [-0.1, -0.05) is 49.7 Å². The van der Waals surface area contributed by atoms with E-state index in [0.717, 1.165) is 28.8 Å². The summed E-state index contributed by atoms with van der Waals surface area (Å²) in [5.41, 5.74) is 2.84. The summed E-state index contributed by atoms with van der Waals surface area (Å²) in [6.07, 6.45) is 1.15. The Hall–Kier alpha value is -2.33. The number of aromatic nitrogens is 2. The molecule has 1 atom stereocenters. The van der Waals surface area contributed by atoms with Crippen molar-refractivity contribution in [2.45, 2.75) is 32.7 Å². The number of benzene rings is 2. The molecule has 0 radical (unpaired) electrons. The molecule has 1 amide bonds. The highest BCUT2D eigenvalue weighted by atomic mass is 35.5. The Balaban J connectivity index is 1.75.